The van der Waals surface area contributed by atoms with E-state index in [0.717, 1.165) is 18.4 Å². The second-order valence-corrected chi connectivity index (χ2v) is 9.18. The first kappa shape index (κ1) is 24.1. The molecule has 0 radical (unpaired) electrons. The van der Waals surface area contributed by atoms with Gasteiger partial charge in [-0.25, -0.2) is 9.59 Å². The SMILES string of the molecule is Cc1ccc(C(=O)N2CCC(c3ccc(C#N)cc3)CC2)cc1N(C(N)=O)[C@H]1CCN(C(=O)O)C1. The molecule has 4 rings (SSSR count). The molecule has 1 atom stereocenters. The number of amides is 4. The number of carboxylic acid groups (broad SMARTS) is 1. The number of carbonyl (C=O) groups excluding carboxylic acids is 2. The van der Waals surface area contributed by atoms with E-state index in [1.807, 2.05) is 36.1 Å². The van der Waals surface area contributed by atoms with Crippen LogP contribution in [0.15, 0.2) is 42.5 Å². The first-order chi connectivity index (χ1) is 16.8. The number of hydrogen-bond donors (Lipinski definition) is 2. The Bertz CT molecular complexity index is 1170. The topological polar surface area (TPSA) is 131 Å². The summed E-state index contributed by atoms with van der Waals surface area (Å²) in [6.45, 7) is 3.58. The molecule has 3 N–H and O–H groups in total. The molecule has 0 saturated carbocycles. The Kier molecular flexibility index (Phi) is 6.92. The molecule has 182 valence electrons. The van der Waals surface area contributed by atoms with Crippen LogP contribution in [0.4, 0.5) is 15.3 Å². The van der Waals surface area contributed by atoms with Crippen molar-refractivity contribution < 1.29 is 19.5 Å². The van der Waals surface area contributed by atoms with Crippen molar-refractivity contribution in [3.8, 4) is 6.07 Å². The molecule has 0 aliphatic carbocycles. The van der Waals surface area contributed by atoms with Gasteiger partial charge < -0.3 is 20.6 Å². The number of piperidine rings is 1. The van der Waals surface area contributed by atoms with Crippen LogP contribution in [0.5, 0.6) is 0 Å². The molecule has 2 saturated heterocycles. The highest BCUT2D eigenvalue weighted by molar-refractivity contribution is 5.98. The molecule has 0 spiro atoms. The lowest BCUT2D eigenvalue weighted by molar-refractivity contribution is 0.0713. The first-order valence-electron chi connectivity index (χ1n) is 11.7. The van der Waals surface area contributed by atoms with E-state index in [-0.39, 0.29) is 18.5 Å². The van der Waals surface area contributed by atoms with Crippen LogP contribution >= 0.6 is 0 Å². The molecule has 0 bridgehead atoms. The molecule has 0 aromatic heterocycles. The summed E-state index contributed by atoms with van der Waals surface area (Å²) in [6, 6.07) is 14.0. The van der Waals surface area contributed by atoms with Crippen molar-refractivity contribution in [1.29, 1.82) is 5.26 Å². The van der Waals surface area contributed by atoms with E-state index in [9.17, 15) is 19.5 Å². The molecular weight excluding hydrogens is 446 g/mol. The number of aryl methyl sites for hydroxylation is 1. The zero-order valence-electron chi connectivity index (χ0n) is 19.7. The fourth-order valence-corrected chi connectivity index (χ4v) is 5.05. The zero-order chi connectivity index (χ0) is 25.1. The van der Waals surface area contributed by atoms with Gasteiger partial charge in [0.1, 0.15) is 0 Å². The van der Waals surface area contributed by atoms with Gasteiger partial charge >= 0.3 is 12.1 Å². The van der Waals surface area contributed by atoms with E-state index < -0.39 is 12.1 Å². The molecule has 35 heavy (non-hydrogen) atoms. The maximum atomic E-state index is 13.3. The standard InChI is InChI=1S/C26H29N5O4/c1-17-2-5-21(14-23(17)31(25(28)33)22-10-13-30(16-22)26(34)35)24(32)29-11-8-20(9-12-29)19-6-3-18(15-27)4-7-19/h2-7,14,20,22H,8-13,16H2,1H3,(H2,28,33)(H,34,35)/t22-/m0/s1. The molecule has 0 unspecified atom stereocenters. The summed E-state index contributed by atoms with van der Waals surface area (Å²) in [6.07, 6.45) is 1.12. The Morgan fingerprint density at radius 1 is 1.03 bits per heavy atom. The number of anilines is 1. The largest absolute Gasteiger partial charge is 0.465 e. The average Bonchev–Trinajstić information content (AvgIpc) is 3.35. The smallest absolute Gasteiger partial charge is 0.407 e. The fourth-order valence-electron chi connectivity index (χ4n) is 5.05. The predicted molar refractivity (Wildman–Crippen MR) is 130 cm³/mol. The van der Waals surface area contributed by atoms with Crippen molar-refractivity contribution in [3.05, 3.63) is 64.7 Å². The summed E-state index contributed by atoms with van der Waals surface area (Å²) in [5.74, 6) is 0.234. The Morgan fingerprint density at radius 3 is 2.26 bits per heavy atom. The lowest BCUT2D eigenvalue weighted by Crippen LogP contribution is -2.46. The number of urea groups is 1. The van der Waals surface area contributed by atoms with E-state index in [1.54, 1.807) is 18.2 Å². The first-order valence-corrected chi connectivity index (χ1v) is 11.7. The molecule has 2 aromatic carbocycles. The lowest BCUT2D eigenvalue weighted by atomic mass is 9.89. The minimum atomic E-state index is -1.03. The summed E-state index contributed by atoms with van der Waals surface area (Å²) < 4.78 is 0. The van der Waals surface area contributed by atoms with Crippen molar-refractivity contribution in [1.82, 2.24) is 9.80 Å². The van der Waals surface area contributed by atoms with Crippen LogP contribution in [0, 0.1) is 18.3 Å². The number of hydrogen-bond acceptors (Lipinski definition) is 4. The number of primary amides is 1. The summed E-state index contributed by atoms with van der Waals surface area (Å²) in [5.41, 5.74) is 9.31. The number of nitrogens with zero attached hydrogens (tertiary/aromatic N) is 4. The van der Waals surface area contributed by atoms with Gasteiger partial charge in [-0.3, -0.25) is 9.69 Å². The Morgan fingerprint density at radius 2 is 1.69 bits per heavy atom. The number of likely N-dealkylation sites (tertiary alicyclic amines) is 2. The molecule has 2 fully saturated rings. The fraction of sp³-hybridized carbons (Fsp3) is 0.385. The maximum Gasteiger partial charge on any atom is 0.407 e. The van der Waals surface area contributed by atoms with Gasteiger partial charge in [0, 0.05) is 37.4 Å². The van der Waals surface area contributed by atoms with Gasteiger partial charge in [-0.05, 0) is 67.5 Å². The molecule has 4 amide bonds. The van der Waals surface area contributed by atoms with Gasteiger partial charge in [-0.15, -0.1) is 0 Å². The van der Waals surface area contributed by atoms with Crippen LogP contribution in [0.25, 0.3) is 0 Å². The third kappa shape index (κ3) is 5.06. The lowest BCUT2D eigenvalue weighted by Gasteiger charge is -2.33. The summed E-state index contributed by atoms with van der Waals surface area (Å²) in [7, 11) is 0. The summed E-state index contributed by atoms with van der Waals surface area (Å²) in [4.78, 5) is 41.5. The summed E-state index contributed by atoms with van der Waals surface area (Å²) >= 11 is 0. The highest BCUT2D eigenvalue weighted by atomic mass is 16.4. The number of nitriles is 1. The van der Waals surface area contributed by atoms with Crippen molar-refractivity contribution in [2.24, 2.45) is 5.73 Å². The van der Waals surface area contributed by atoms with Crippen molar-refractivity contribution in [2.75, 3.05) is 31.1 Å². The van der Waals surface area contributed by atoms with Gasteiger partial charge in [0.25, 0.3) is 5.91 Å². The molecule has 2 aliphatic rings. The quantitative estimate of drug-likeness (QED) is 0.698. The number of carbonyl (C=O) groups is 3. The Balaban J connectivity index is 1.48. The van der Waals surface area contributed by atoms with Crippen LogP contribution in [0.1, 0.15) is 52.2 Å². The normalized spacial score (nSPS) is 18.2. The Labute approximate surface area is 204 Å². The zero-order valence-corrected chi connectivity index (χ0v) is 19.7. The van der Waals surface area contributed by atoms with Gasteiger partial charge in [0.2, 0.25) is 0 Å². The minimum Gasteiger partial charge on any atom is -0.465 e. The summed E-state index contributed by atoms with van der Waals surface area (Å²) in [5, 5.41) is 18.3. The van der Waals surface area contributed by atoms with Crippen molar-refractivity contribution in [3.63, 3.8) is 0 Å². The number of rotatable bonds is 4. The van der Waals surface area contributed by atoms with E-state index in [2.05, 4.69) is 6.07 Å². The monoisotopic (exact) mass is 475 g/mol. The van der Waals surface area contributed by atoms with Crippen molar-refractivity contribution >= 4 is 23.7 Å². The van der Waals surface area contributed by atoms with Gasteiger partial charge in [0.05, 0.1) is 17.7 Å². The molecule has 2 heterocycles. The Hall–Kier alpha value is -4.06. The average molecular weight is 476 g/mol. The molecule has 2 aromatic rings. The van der Waals surface area contributed by atoms with E-state index in [0.29, 0.717) is 48.8 Å². The van der Waals surface area contributed by atoms with Crippen LogP contribution in [0.2, 0.25) is 0 Å². The van der Waals surface area contributed by atoms with Crippen LogP contribution < -0.4 is 10.6 Å². The molecule has 9 nitrogen and oxygen atoms in total. The number of benzene rings is 2. The molecular formula is C26H29N5O4. The van der Waals surface area contributed by atoms with Crippen LogP contribution in [0.3, 0.4) is 0 Å². The van der Waals surface area contributed by atoms with Crippen molar-refractivity contribution in [2.45, 2.75) is 38.1 Å². The number of nitrogens with two attached hydrogens (primary N) is 1. The highest BCUT2D eigenvalue weighted by Gasteiger charge is 2.34. The predicted octanol–water partition coefficient (Wildman–Crippen LogP) is 3.52. The van der Waals surface area contributed by atoms with E-state index in [4.69, 9.17) is 11.0 Å². The van der Waals surface area contributed by atoms with Crippen LogP contribution in [-0.2, 0) is 0 Å². The van der Waals surface area contributed by atoms with Gasteiger partial charge in [-0.1, -0.05) is 18.2 Å². The molecule has 2 aliphatic heterocycles. The third-order valence-corrected chi connectivity index (χ3v) is 7.05. The second-order valence-electron chi connectivity index (χ2n) is 9.18. The molecule has 9 heteroatoms. The minimum absolute atomic E-state index is 0.104. The van der Waals surface area contributed by atoms with E-state index in [1.165, 1.54) is 15.4 Å². The maximum absolute atomic E-state index is 13.3. The van der Waals surface area contributed by atoms with Gasteiger partial charge in [0.15, 0.2) is 0 Å². The third-order valence-electron chi connectivity index (χ3n) is 7.05. The second kappa shape index (κ2) is 10.1. The van der Waals surface area contributed by atoms with E-state index >= 15 is 0 Å². The highest BCUT2D eigenvalue weighted by Crippen LogP contribution is 2.31. The van der Waals surface area contributed by atoms with Crippen LogP contribution in [-0.4, -0.2) is 65.2 Å². The van der Waals surface area contributed by atoms with Gasteiger partial charge in [-0.2, -0.15) is 5.26 Å².